The topological polar surface area (TPSA) is 55.8 Å². The first-order valence-corrected chi connectivity index (χ1v) is 16.4. The van der Waals surface area contributed by atoms with Gasteiger partial charge in [-0.1, -0.05) is 125 Å². The van der Waals surface area contributed by atoms with Crippen LogP contribution in [0.2, 0.25) is 0 Å². The Labute approximate surface area is 254 Å². The Morgan fingerprint density at radius 3 is 2.14 bits per heavy atom. The number of cyclic esters (lactones) is 1. The van der Waals surface area contributed by atoms with Crippen LogP contribution in [0.25, 0.3) is 12.2 Å². The van der Waals surface area contributed by atoms with Crippen LogP contribution in [0, 0.1) is 17.8 Å². The highest BCUT2D eigenvalue weighted by molar-refractivity contribution is 5.72. The van der Waals surface area contributed by atoms with Gasteiger partial charge in [-0.2, -0.15) is 0 Å². The molecular weight excluding hydrogens is 520 g/mol. The van der Waals surface area contributed by atoms with Crippen molar-refractivity contribution in [3.8, 4) is 0 Å². The maximum absolute atomic E-state index is 13.2. The van der Waals surface area contributed by atoms with E-state index in [1.54, 1.807) is 0 Å². The van der Waals surface area contributed by atoms with E-state index in [0.717, 1.165) is 74.5 Å². The summed E-state index contributed by atoms with van der Waals surface area (Å²) in [6.45, 7) is 8.59. The summed E-state index contributed by atoms with van der Waals surface area (Å²) in [5, 5.41) is 11.9. The smallest absolute Gasteiger partial charge is 0.308 e. The number of ether oxygens (including phenoxy) is 2. The van der Waals surface area contributed by atoms with Crippen molar-refractivity contribution in [2.45, 2.75) is 116 Å². The van der Waals surface area contributed by atoms with E-state index < -0.39 is 6.10 Å². The van der Waals surface area contributed by atoms with Crippen LogP contribution < -0.4 is 0 Å². The van der Waals surface area contributed by atoms with Gasteiger partial charge in [0.1, 0.15) is 6.10 Å². The first-order chi connectivity index (χ1) is 20.3. The average molecular weight is 573 g/mol. The fourth-order valence-electron chi connectivity index (χ4n) is 6.67. The van der Waals surface area contributed by atoms with E-state index >= 15 is 0 Å². The van der Waals surface area contributed by atoms with Crippen LogP contribution >= 0.6 is 0 Å². The molecule has 2 aliphatic rings. The molecule has 7 atom stereocenters. The number of esters is 1. The van der Waals surface area contributed by atoms with Gasteiger partial charge in [0.2, 0.25) is 0 Å². The zero-order chi connectivity index (χ0) is 29.9. The molecule has 0 unspecified atom stereocenters. The summed E-state index contributed by atoms with van der Waals surface area (Å²) >= 11 is 0. The molecule has 4 rings (SSSR count). The molecule has 42 heavy (non-hydrogen) atoms. The number of hydrogen-bond donors (Lipinski definition) is 1. The highest BCUT2D eigenvalue weighted by Gasteiger charge is 2.34. The maximum atomic E-state index is 13.2. The van der Waals surface area contributed by atoms with Gasteiger partial charge in [0.25, 0.3) is 0 Å². The minimum atomic E-state index is -0.603. The number of carbonyl (C=O) groups excluding carboxylic acids is 1. The van der Waals surface area contributed by atoms with Crippen molar-refractivity contribution in [2.75, 3.05) is 0 Å². The summed E-state index contributed by atoms with van der Waals surface area (Å²) in [6.07, 6.45) is 12.8. The molecule has 2 bridgehead atoms. The van der Waals surface area contributed by atoms with Crippen molar-refractivity contribution in [3.63, 3.8) is 0 Å². The van der Waals surface area contributed by atoms with Gasteiger partial charge in [-0.3, -0.25) is 4.79 Å². The predicted molar refractivity (Wildman–Crippen MR) is 173 cm³/mol. The summed E-state index contributed by atoms with van der Waals surface area (Å²) < 4.78 is 12.8. The van der Waals surface area contributed by atoms with E-state index in [1.807, 2.05) is 43.3 Å². The lowest BCUT2D eigenvalue weighted by Gasteiger charge is -2.27. The molecule has 2 aromatic carbocycles. The molecule has 0 aromatic heterocycles. The molecule has 4 nitrogen and oxygen atoms in total. The number of rotatable bonds is 4. The highest BCUT2D eigenvalue weighted by Crippen LogP contribution is 2.36. The van der Waals surface area contributed by atoms with Gasteiger partial charge in [0, 0.05) is 6.42 Å². The number of aliphatic hydroxyl groups is 1. The largest absolute Gasteiger partial charge is 0.462 e. The predicted octanol–water partition coefficient (Wildman–Crippen LogP) is 9.04. The first-order valence-electron chi connectivity index (χ1n) is 16.4. The average Bonchev–Trinajstić information content (AvgIpc) is 3.33. The van der Waals surface area contributed by atoms with Crippen LogP contribution in [0.4, 0.5) is 0 Å². The van der Waals surface area contributed by atoms with Crippen LogP contribution in [0.3, 0.4) is 0 Å². The van der Waals surface area contributed by atoms with Gasteiger partial charge in [-0.25, -0.2) is 0 Å². The van der Waals surface area contributed by atoms with Crippen molar-refractivity contribution in [3.05, 3.63) is 82.9 Å². The Hall–Kier alpha value is -2.69. The molecule has 4 heteroatoms. The minimum Gasteiger partial charge on any atom is -0.462 e. The van der Waals surface area contributed by atoms with Gasteiger partial charge in [0.15, 0.2) is 0 Å². The second-order valence-electron chi connectivity index (χ2n) is 12.9. The van der Waals surface area contributed by atoms with E-state index in [1.165, 1.54) is 5.57 Å². The maximum Gasteiger partial charge on any atom is 0.308 e. The van der Waals surface area contributed by atoms with E-state index in [9.17, 15) is 9.90 Å². The number of fused-ring (bicyclic) bond motifs is 2. The van der Waals surface area contributed by atoms with Crippen molar-refractivity contribution in [2.24, 2.45) is 17.8 Å². The molecule has 0 spiro atoms. The molecule has 0 saturated carbocycles. The van der Waals surface area contributed by atoms with E-state index in [-0.39, 0.29) is 36.1 Å². The SMILES string of the molecule is CCC[C@@H]1C/C(=C/c2ccccc2)C[C@@H](C)[C@H](O)/C(=C/c2ccccc2)C[C@H]2C[C@H](C)[C@H](CCCC[C@H](C)C(=O)O1)O2. The number of hydrogen-bond acceptors (Lipinski definition) is 4. The molecule has 0 aliphatic carbocycles. The van der Waals surface area contributed by atoms with E-state index in [4.69, 9.17) is 9.47 Å². The summed E-state index contributed by atoms with van der Waals surface area (Å²) in [5.74, 6) is 0.286. The molecule has 2 heterocycles. The third kappa shape index (κ3) is 9.67. The van der Waals surface area contributed by atoms with E-state index in [0.29, 0.717) is 12.3 Å². The number of benzene rings is 2. The zero-order valence-corrected chi connectivity index (χ0v) is 26.2. The molecular formula is C38H52O4. The van der Waals surface area contributed by atoms with Crippen LogP contribution in [-0.2, 0) is 14.3 Å². The quantitative estimate of drug-likeness (QED) is 0.371. The summed E-state index contributed by atoms with van der Waals surface area (Å²) in [6, 6.07) is 20.7. The Morgan fingerprint density at radius 1 is 0.833 bits per heavy atom. The fourth-order valence-corrected chi connectivity index (χ4v) is 6.67. The summed E-state index contributed by atoms with van der Waals surface area (Å²) in [7, 11) is 0. The van der Waals surface area contributed by atoms with E-state index in [2.05, 4.69) is 57.2 Å². The van der Waals surface area contributed by atoms with Crippen LogP contribution in [-0.4, -0.2) is 35.5 Å². The first kappa shape index (κ1) is 32.2. The molecule has 228 valence electrons. The highest BCUT2D eigenvalue weighted by atomic mass is 16.5. The van der Waals surface area contributed by atoms with Crippen LogP contribution in [0.5, 0.6) is 0 Å². The minimum absolute atomic E-state index is 0.0136. The van der Waals surface area contributed by atoms with Gasteiger partial charge >= 0.3 is 5.97 Å². The van der Waals surface area contributed by atoms with Crippen LogP contribution in [0.15, 0.2) is 71.8 Å². The Balaban J connectivity index is 1.66. The second kappa shape index (κ2) is 16.2. The third-order valence-electron chi connectivity index (χ3n) is 9.09. The van der Waals surface area contributed by atoms with Crippen molar-refractivity contribution in [1.82, 2.24) is 0 Å². The van der Waals surface area contributed by atoms with Crippen molar-refractivity contribution in [1.29, 1.82) is 0 Å². The van der Waals surface area contributed by atoms with Crippen molar-refractivity contribution < 1.29 is 19.4 Å². The lowest BCUT2D eigenvalue weighted by molar-refractivity contribution is -0.154. The lowest BCUT2D eigenvalue weighted by atomic mass is 9.85. The summed E-state index contributed by atoms with van der Waals surface area (Å²) in [4.78, 5) is 13.2. The van der Waals surface area contributed by atoms with Gasteiger partial charge in [-0.05, 0) is 67.1 Å². The molecule has 0 amide bonds. The Kier molecular flexibility index (Phi) is 12.5. The number of carbonyl (C=O) groups is 1. The molecule has 2 aromatic rings. The van der Waals surface area contributed by atoms with Gasteiger partial charge < -0.3 is 14.6 Å². The van der Waals surface area contributed by atoms with Crippen LogP contribution in [0.1, 0.15) is 103 Å². The van der Waals surface area contributed by atoms with Crippen molar-refractivity contribution >= 4 is 18.1 Å². The molecule has 2 aliphatic heterocycles. The lowest BCUT2D eigenvalue weighted by Crippen LogP contribution is -2.26. The second-order valence-corrected chi connectivity index (χ2v) is 12.9. The molecule has 2 fully saturated rings. The fraction of sp³-hybridized carbons (Fsp3) is 0.553. The summed E-state index contributed by atoms with van der Waals surface area (Å²) in [5.41, 5.74) is 4.48. The normalized spacial score (nSPS) is 32.3. The molecule has 1 N–H and O–H groups in total. The third-order valence-corrected chi connectivity index (χ3v) is 9.09. The van der Waals surface area contributed by atoms with Gasteiger partial charge in [-0.15, -0.1) is 0 Å². The Morgan fingerprint density at radius 2 is 1.48 bits per heavy atom. The standard InChI is InChI=1S/C38H52O4/c1-5-14-34-25-32(23-30-16-8-6-9-17-30)21-29(4)37(39)33(24-31-18-10-7-11-19-31)26-35-22-28(3)36(41-35)20-13-12-15-27(2)38(40)42-34/h6-11,16-19,23-24,27-29,34-37,39H,5,12-15,20-22,25-26H2,1-4H3/b32-23+,33-24+/t27-,28-,29+,34+,35+,36-,37-/m0/s1. The van der Waals surface area contributed by atoms with Gasteiger partial charge in [0.05, 0.1) is 24.2 Å². The molecule has 0 radical (unpaired) electrons. The molecule has 2 saturated heterocycles. The number of aliphatic hydroxyl groups excluding tert-OH is 1. The monoisotopic (exact) mass is 572 g/mol. The Bertz CT molecular complexity index is 1150. The zero-order valence-electron chi connectivity index (χ0n) is 26.2.